The van der Waals surface area contributed by atoms with E-state index in [0.717, 1.165) is 11.1 Å². The number of carbonyl (C=O) groups is 2. The average molecular weight is 234 g/mol. The van der Waals surface area contributed by atoms with Gasteiger partial charge in [0.2, 0.25) is 11.8 Å². The molecular formula is C11H14N4O2. The van der Waals surface area contributed by atoms with Crippen molar-refractivity contribution in [2.75, 3.05) is 18.0 Å². The second-order valence-corrected chi connectivity index (χ2v) is 4.02. The molecule has 1 fully saturated rings. The molecule has 0 aliphatic carbocycles. The summed E-state index contributed by atoms with van der Waals surface area (Å²) in [6.07, 6.45) is 1.67. The van der Waals surface area contributed by atoms with Gasteiger partial charge in [0, 0.05) is 12.7 Å². The quantitative estimate of drug-likeness (QED) is 0.661. The Morgan fingerprint density at radius 2 is 2.06 bits per heavy atom. The number of nitrogens with one attached hydrogen (secondary N) is 1. The van der Waals surface area contributed by atoms with Crippen molar-refractivity contribution < 1.29 is 9.59 Å². The smallest absolute Gasteiger partial charge is 0.246 e. The standard InChI is InChI=1S/C11H14N4O2/c1-7-2-8(3-12)4-13-11(7)15-5-9(16)14-10(17)6-15/h2,4H,3,5-6,12H2,1H3,(H,14,16,17). The maximum Gasteiger partial charge on any atom is 0.246 e. The van der Waals surface area contributed by atoms with Gasteiger partial charge in [-0.25, -0.2) is 4.98 Å². The summed E-state index contributed by atoms with van der Waals surface area (Å²) in [6, 6.07) is 1.92. The number of carbonyl (C=O) groups excluding carboxylic acids is 2. The van der Waals surface area contributed by atoms with Crippen LogP contribution in [0.2, 0.25) is 0 Å². The highest BCUT2D eigenvalue weighted by molar-refractivity contribution is 6.02. The van der Waals surface area contributed by atoms with E-state index in [1.54, 1.807) is 11.1 Å². The van der Waals surface area contributed by atoms with E-state index in [2.05, 4.69) is 10.3 Å². The third kappa shape index (κ3) is 2.42. The van der Waals surface area contributed by atoms with Crippen LogP contribution in [0.4, 0.5) is 5.82 Å². The van der Waals surface area contributed by atoms with Crippen molar-refractivity contribution in [1.29, 1.82) is 0 Å². The second kappa shape index (κ2) is 4.50. The number of amides is 2. The van der Waals surface area contributed by atoms with Gasteiger partial charge in [-0.05, 0) is 24.1 Å². The van der Waals surface area contributed by atoms with Crippen LogP contribution >= 0.6 is 0 Å². The molecule has 3 N–H and O–H groups in total. The van der Waals surface area contributed by atoms with Crippen molar-refractivity contribution in [3.05, 3.63) is 23.4 Å². The molecule has 1 saturated heterocycles. The molecule has 0 spiro atoms. The highest BCUT2D eigenvalue weighted by Gasteiger charge is 2.24. The summed E-state index contributed by atoms with van der Waals surface area (Å²) >= 11 is 0. The fraction of sp³-hybridized carbons (Fsp3) is 0.364. The van der Waals surface area contributed by atoms with E-state index < -0.39 is 0 Å². The highest BCUT2D eigenvalue weighted by atomic mass is 16.2. The molecule has 2 heterocycles. The van der Waals surface area contributed by atoms with E-state index in [4.69, 9.17) is 5.73 Å². The largest absolute Gasteiger partial charge is 0.338 e. The first-order valence-electron chi connectivity index (χ1n) is 5.33. The minimum atomic E-state index is -0.301. The number of hydrogen-bond acceptors (Lipinski definition) is 5. The number of pyridine rings is 1. The van der Waals surface area contributed by atoms with E-state index in [1.807, 2.05) is 13.0 Å². The number of aromatic nitrogens is 1. The number of piperazine rings is 1. The maximum absolute atomic E-state index is 11.3. The topological polar surface area (TPSA) is 88.3 Å². The van der Waals surface area contributed by atoms with Crippen LogP contribution in [-0.2, 0) is 16.1 Å². The van der Waals surface area contributed by atoms with Crippen molar-refractivity contribution in [3.8, 4) is 0 Å². The number of aryl methyl sites for hydroxylation is 1. The number of nitrogens with two attached hydrogens (primary N) is 1. The van der Waals surface area contributed by atoms with Crippen molar-refractivity contribution in [2.45, 2.75) is 13.5 Å². The Hall–Kier alpha value is -1.95. The molecule has 1 aliphatic heterocycles. The predicted molar refractivity (Wildman–Crippen MR) is 62.2 cm³/mol. The molecule has 0 saturated carbocycles. The lowest BCUT2D eigenvalue weighted by Crippen LogP contribution is -2.52. The fourth-order valence-corrected chi connectivity index (χ4v) is 1.86. The first-order valence-corrected chi connectivity index (χ1v) is 5.33. The first-order chi connectivity index (χ1) is 8.10. The Bertz CT molecular complexity index is 457. The van der Waals surface area contributed by atoms with E-state index in [1.165, 1.54) is 0 Å². The Morgan fingerprint density at radius 1 is 1.41 bits per heavy atom. The van der Waals surface area contributed by atoms with Crippen molar-refractivity contribution in [3.63, 3.8) is 0 Å². The lowest BCUT2D eigenvalue weighted by Gasteiger charge is -2.27. The predicted octanol–water partition coefficient (Wildman–Crippen LogP) is -0.688. The molecule has 1 aliphatic rings. The lowest BCUT2D eigenvalue weighted by atomic mass is 10.2. The van der Waals surface area contributed by atoms with Gasteiger partial charge in [-0.15, -0.1) is 0 Å². The number of hydrogen-bond donors (Lipinski definition) is 2. The van der Waals surface area contributed by atoms with Gasteiger partial charge in [-0.2, -0.15) is 0 Å². The lowest BCUT2D eigenvalue weighted by molar-refractivity contribution is -0.130. The molecule has 6 nitrogen and oxygen atoms in total. The Morgan fingerprint density at radius 3 is 2.59 bits per heavy atom. The zero-order valence-electron chi connectivity index (χ0n) is 9.56. The van der Waals surface area contributed by atoms with Crippen LogP contribution in [0.1, 0.15) is 11.1 Å². The van der Waals surface area contributed by atoms with Gasteiger partial charge in [0.05, 0.1) is 13.1 Å². The normalized spacial score (nSPS) is 16.0. The van der Waals surface area contributed by atoms with Gasteiger partial charge in [0.15, 0.2) is 0 Å². The van der Waals surface area contributed by atoms with Crippen LogP contribution in [0.25, 0.3) is 0 Å². The van der Waals surface area contributed by atoms with Crippen molar-refractivity contribution in [1.82, 2.24) is 10.3 Å². The third-order valence-corrected chi connectivity index (χ3v) is 2.59. The molecule has 90 valence electrons. The molecule has 6 heteroatoms. The number of rotatable bonds is 2. The summed E-state index contributed by atoms with van der Waals surface area (Å²) in [5, 5.41) is 2.25. The Labute approximate surface area is 98.8 Å². The number of imide groups is 1. The van der Waals surface area contributed by atoms with Crippen molar-refractivity contribution >= 4 is 17.6 Å². The molecule has 1 aromatic rings. The highest BCUT2D eigenvalue weighted by Crippen LogP contribution is 2.18. The summed E-state index contributed by atoms with van der Waals surface area (Å²) in [4.78, 5) is 28.5. The Kier molecular flexibility index (Phi) is 3.06. The molecular weight excluding hydrogens is 220 g/mol. The molecule has 17 heavy (non-hydrogen) atoms. The minimum absolute atomic E-state index is 0.154. The van der Waals surface area contributed by atoms with E-state index in [0.29, 0.717) is 12.4 Å². The molecule has 0 atom stereocenters. The third-order valence-electron chi connectivity index (χ3n) is 2.59. The molecule has 0 bridgehead atoms. The minimum Gasteiger partial charge on any atom is -0.338 e. The summed E-state index contributed by atoms with van der Waals surface area (Å²) in [6.45, 7) is 2.62. The second-order valence-electron chi connectivity index (χ2n) is 4.02. The van der Waals surface area contributed by atoms with Crippen LogP contribution in [0.15, 0.2) is 12.3 Å². The van der Waals surface area contributed by atoms with Gasteiger partial charge in [0.1, 0.15) is 5.82 Å². The van der Waals surface area contributed by atoms with E-state index >= 15 is 0 Å². The van der Waals surface area contributed by atoms with Crippen molar-refractivity contribution in [2.24, 2.45) is 5.73 Å². The van der Waals surface area contributed by atoms with Gasteiger partial charge in [-0.1, -0.05) is 0 Å². The molecule has 0 aromatic carbocycles. The number of nitrogens with zero attached hydrogens (tertiary/aromatic N) is 2. The molecule has 2 amide bonds. The summed E-state index contributed by atoms with van der Waals surface area (Å²) < 4.78 is 0. The summed E-state index contributed by atoms with van der Waals surface area (Å²) in [7, 11) is 0. The monoisotopic (exact) mass is 234 g/mol. The van der Waals surface area contributed by atoms with Gasteiger partial charge in [-0.3, -0.25) is 14.9 Å². The molecule has 0 radical (unpaired) electrons. The first kappa shape index (κ1) is 11.5. The fourth-order valence-electron chi connectivity index (χ4n) is 1.86. The molecule has 0 unspecified atom stereocenters. The van der Waals surface area contributed by atoms with Crippen LogP contribution in [0.5, 0.6) is 0 Å². The van der Waals surface area contributed by atoms with Gasteiger partial charge >= 0.3 is 0 Å². The number of anilines is 1. The van der Waals surface area contributed by atoms with Crippen LogP contribution in [0, 0.1) is 6.92 Å². The van der Waals surface area contributed by atoms with Crippen LogP contribution in [-0.4, -0.2) is 29.9 Å². The summed E-state index contributed by atoms with van der Waals surface area (Å²) in [5.41, 5.74) is 7.36. The average Bonchev–Trinajstić information content (AvgIpc) is 2.27. The van der Waals surface area contributed by atoms with Crippen LogP contribution < -0.4 is 16.0 Å². The van der Waals surface area contributed by atoms with E-state index in [-0.39, 0.29) is 24.9 Å². The molecule has 1 aromatic heterocycles. The van der Waals surface area contributed by atoms with Gasteiger partial charge < -0.3 is 10.6 Å². The maximum atomic E-state index is 11.3. The van der Waals surface area contributed by atoms with Gasteiger partial charge in [0.25, 0.3) is 0 Å². The Balaban J connectivity index is 2.27. The van der Waals surface area contributed by atoms with E-state index in [9.17, 15) is 9.59 Å². The zero-order chi connectivity index (χ0) is 12.4. The summed E-state index contributed by atoms with van der Waals surface area (Å²) in [5.74, 6) is 0.0566. The zero-order valence-corrected chi connectivity index (χ0v) is 9.56. The van der Waals surface area contributed by atoms with Crippen LogP contribution in [0.3, 0.4) is 0 Å². The SMILES string of the molecule is Cc1cc(CN)cnc1N1CC(=O)NC(=O)C1. The molecule has 2 rings (SSSR count).